The lowest BCUT2D eigenvalue weighted by Crippen LogP contribution is -1.96. The predicted molar refractivity (Wildman–Crippen MR) is 70.7 cm³/mol. The van der Waals surface area contributed by atoms with Crippen molar-refractivity contribution in [1.82, 2.24) is 0 Å². The van der Waals surface area contributed by atoms with E-state index in [0.29, 0.717) is 0 Å². The molecule has 0 atom stereocenters. The van der Waals surface area contributed by atoms with Crippen LogP contribution in [-0.4, -0.2) is 13.2 Å². The molecule has 0 amide bonds. The van der Waals surface area contributed by atoms with Gasteiger partial charge in [-0.3, -0.25) is 0 Å². The van der Waals surface area contributed by atoms with Gasteiger partial charge in [0.15, 0.2) is 0 Å². The molecule has 1 heteroatoms. The summed E-state index contributed by atoms with van der Waals surface area (Å²) in [7, 11) is 0. The van der Waals surface area contributed by atoms with Gasteiger partial charge < -0.3 is 4.74 Å². The van der Waals surface area contributed by atoms with E-state index >= 15 is 0 Å². The summed E-state index contributed by atoms with van der Waals surface area (Å²) in [4.78, 5) is 0. The first-order valence-corrected chi connectivity index (χ1v) is 6.88. The molecule has 0 N–H and O–H groups in total. The number of hydrogen-bond donors (Lipinski definition) is 0. The highest BCUT2D eigenvalue weighted by Crippen LogP contribution is 2.07. The van der Waals surface area contributed by atoms with Gasteiger partial charge in [-0.05, 0) is 38.5 Å². The van der Waals surface area contributed by atoms with Crippen LogP contribution in [0.15, 0.2) is 24.3 Å². The summed E-state index contributed by atoms with van der Waals surface area (Å²) >= 11 is 0. The molecule has 0 aromatic heterocycles. The second-order valence-corrected chi connectivity index (χ2v) is 4.48. The Morgan fingerprint density at radius 3 is 2.00 bits per heavy atom. The van der Waals surface area contributed by atoms with E-state index in [4.69, 9.17) is 4.74 Å². The molecule has 0 aliphatic carbocycles. The summed E-state index contributed by atoms with van der Waals surface area (Å²) in [5.74, 6) is 0. The molecular formula is C15H26O. The van der Waals surface area contributed by atoms with Crippen LogP contribution in [0.4, 0.5) is 0 Å². The minimum absolute atomic E-state index is 0.895. The van der Waals surface area contributed by atoms with Gasteiger partial charge in [0, 0.05) is 6.61 Å². The lowest BCUT2D eigenvalue weighted by molar-refractivity contribution is 0.134. The highest BCUT2D eigenvalue weighted by Gasteiger charge is 1.91. The summed E-state index contributed by atoms with van der Waals surface area (Å²) in [6, 6.07) is 0. The van der Waals surface area contributed by atoms with Crippen molar-refractivity contribution in [3.8, 4) is 0 Å². The normalized spacial score (nSPS) is 22.0. The molecule has 1 aliphatic rings. The number of hydrogen-bond acceptors (Lipinski definition) is 1. The minimum atomic E-state index is 0.895. The fourth-order valence-corrected chi connectivity index (χ4v) is 1.91. The summed E-state index contributed by atoms with van der Waals surface area (Å²) in [6.07, 6.45) is 20.6. The van der Waals surface area contributed by atoms with E-state index in [1.165, 1.54) is 51.4 Å². The van der Waals surface area contributed by atoms with Crippen molar-refractivity contribution in [3.63, 3.8) is 0 Å². The molecule has 0 saturated heterocycles. The fraction of sp³-hybridized carbons (Fsp3) is 0.733. The van der Waals surface area contributed by atoms with Crippen LogP contribution in [0.2, 0.25) is 0 Å². The first-order valence-electron chi connectivity index (χ1n) is 6.88. The topological polar surface area (TPSA) is 9.23 Å². The molecular weight excluding hydrogens is 196 g/mol. The molecule has 1 nitrogen and oxygen atoms in total. The third kappa shape index (κ3) is 8.72. The maximum absolute atomic E-state index is 5.57. The Balaban J connectivity index is 2.14. The first kappa shape index (κ1) is 13.5. The average Bonchev–Trinajstić information content (AvgIpc) is 2.29. The van der Waals surface area contributed by atoms with E-state index < -0.39 is 0 Å². The van der Waals surface area contributed by atoms with Gasteiger partial charge in [-0.1, -0.05) is 43.6 Å². The van der Waals surface area contributed by atoms with Crippen LogP contribution in [0.5, 0.6) is 0 Å². The zero-order valence-electron chi connectivity index (χ0n) is 10.5. The van der Waals surface area contributed by atoms with Crippen molar-refractivity contribution in [2.45, 2.75) is 57.8 Å². The molecule has 1 rings (SSSR count). The number of allylic oxidation sites excluding steroid dienone is 3. The Kier molecular flexibility index (Phi) is 9.24. The van der Waals surface area contributed by atoms with Gasteiger partial charge in [-0.15, -0.1) is 0 Å². The summed E-state index contributed by atoms with van der Waals surface area (Å²) in [5, 5.41) is 0. The number of rotatable bonds is 0. The molecule has 1 aliphatic heterocycles. The maximum Gasteiger partial charge on any atom is 0.0500 e. The minimum Gasteiger partial charge on any atom is -0.381 e. The van der Waals surface area contributed by atoms with Gasteiger partial charge in [0.25, 0.3) is 0 Å². The Morgan fingerprint density at radius 1 is 0.500 bits per heavy atom. The second-order valence-electron chi connectivity index (χ2n) is 4.48. The summed E-state index contributed by atoms with van der Waals surface area (Å²) in [6.45, 7) is 1.85. The SMILES string of the molecule is C1=CCCCCCCCOCCC=CCC1. The first-order chi connectivity index (χ1) is 8.00. The monoisotopic (exact) mass is 222 g/mol. The largest absolute Gasteiger partial charge is 0.381 e. The molecule has 0 bridgehead atoms. The van der Waals surface area contributed by atoms with Crippen molar-refractivity contribution in [1.29, 1.82) is 0 Å². The summed E-state index contributed by atoms with van der Waals surface area (Å²) < 4.78 is 5.57. The Bertz CT molecular complexity index is 172. The van der Waals surface area contributed by atoms with Crippen molar-refractivity contribution in [2.75, 3.05) is 13.2 Å². The Hall–Kier alpha value is -0.560. The predicted octanol–water partition coefficient (Wildman–Crippen LogP) is 4.64. The fourth-order valence-electron chi connectivity index (χ4n) is 1.91. The van der Waals surface area contributed by atoms with Gasteiger partial charge >= 0.3 is 0 Å². The molecule has 0 aromatic rings. The van der Waals surface area contributed by atoms with Crippen LogP contribution >= 0.6 is 0 Å². The molecule has 0 radical (unpaired) electrons. The zero-order chi connectivity index (χ0) is 11.3. The Labute approximate surface area is 101 Å². The maximum atomic E-state index is 5.57. The highest BCUT2D eigenvalue weighted by atomic mass is 16.5. The van der Waals surface area contributed by atoms with Crippen LogP contribution in [0, 0.1) is 0 Å². The van der Waals surface area contributed by atoms with E-state index in [9.17, 15) is 0 Å². The number of ether oxygens (including phenoxy) is 1. The van der Waals surface area contributed by atoms with E-state index in [-0.39, 0.29) is 0 Å². The average molecular weight is 222 g/mol. The molecule has 0 saturated carbocycles. The van der Waals surface area contributed by atoms with Crippen LogP contribution in [0.1, 0.15) is 57.8 Å². The van der Waals surface area contributed by atoms with Crippen molar-refractivity contribution in [2.24, 2.45) is 0 Å². The molecule has 0 unspecified atom stereocenters. The summed E-state index contributed by atoms with van der Waals surface area (Å²) in [5.41, 5.74) is 0. The lowest BCUT2D eigenvalue weighted by Gasteiger charge is -2.03. The van der Waals surface area contributed by atoms with Crippen LogP contribution in [0.25, 0.3) is 0 Å². The second kappa shape index (κ2) is 10.9. The van der Waals surface area contributed by atoms with Crippen LogP contribution < -0.4 is 0 Å². The van der Waals surface area contributed by atoms with Gasteiger partial charge in [0.05, 0.1) is 6.61 Å². The van der Waals surface area contributed by atoms with Gasteiger partial charge in [-0.25, -0.2) is 0 Å². The van der Waals surface area contributed by atoms with Crippen molar-refractivity contribution in [3.05, 3.63) is 24.3 Å². The molecule has 0 fully saturated rings. The molecule has 1 heterocycles. The van der Waals surface area contributed by atoms with Gasteiger partial charge in [-0.2, -0.15) is 0 Å². The molecule has 92 valence electrons. The van der Waals surface area contributed by atoms with Gasteiger partial charge in [0.1, 0.15) is 0 Å². The Morgan fingerprint density at radius 2 is 1.12 bits per heavy atom. The van der Waals surface area contributed by atoms with E-state index in [0.717, 1.165) is 19.6 Å². The van der Waals surface area contributed by atoms with E-state index in [1.54, 1.807) is 0 Å². The van der Waals surface area contributed by atoms with Crippen molar-refractivity contribution >= 4 is 0 Å². The lowest BCUT2D eigenvalue weighted by atomic mass is 10.1. The standard InChI is InChI=1S/C15H26O/c1-2-4-6-8-10-12-14-16-15-13-11-9-7-5-3-1/h1-2,8,10H,3-7,9,11-15H2. The quantitative estimate of drug-likeness (QED) is 0.542. The third-order valence-corrected chi connectivity index (χ3v) is 2.92. The zero-order valence-corrected chi connectivity index (χ0v) is 10.5. The third-order valence-electron chi connectivity index (χ3n) is 2.92. The van der Waals surface area contributed by atoms with E-state index in [1.807, 2.05) is 0 Å². The van der Waals surface area contributed by atoms with Crippen molar-refractivity contribution < 1.29 is 4.74 Å². The smallest absolute Gasteiger partial charge is 0.0500 e. The van der Waals surface area contributed by atoms with Crippen LogP contribution in [0.3, 0.4) is 0 Å². The van der Waals surface area contributed by atoms with Gasteiger partial charge in [0.2, 0.25) is 0 Å². The molecule has 0 aromatic carbocycles. The van der Waals surface area contributed by atoms with Crippen LogP contribution in [-0.2, 0) is 4.74 Å². The molecule has 0 spiro atoms. The van der Waals surface area contributed by atoms with E-state index in [2.05, 4.69) is 24.3 Å². The molecule has 16 heavy (non-hydrogen) atoms. The highest BCUT2D eigenvalue weighted by molar-refractivity contribution is 4.88.